The van der Waals surface area contributed by atoms with E-state index in [1.54, 1.807) is 0 Å². The van der Waals surface area contributed by atoms with Crippen LogP contribution in [0, 0.1) is 0 Å². The molecule has 2 heterocycles. The van der Waals surface area contributed by atoms with Crippen LogP contribution in [-0.2, 0) is 39.1 Å². The van der Waals surface area contributed by atoms with Crippen molar-refractivity contribution in [3.8, 4) is 0 Å². The molecule has 1 aliphatic rings. The van der Waals surface area contributed by atoms with Gasteiger partial charge >= 0.3 is 35.5 Å². The summed E-state index contributed by atoms with van der Waals surface area (Å²) >= 11 is 11.6. The number of rotatable bonds is 10. The first kappa shape index (κ1) is 29.5. The van der Waals surface area contributed by atoms with Crippen molar-refractivity contribution >= 4 is 79.4 Å². The Balaban J connectivity index is 0.00000544. The zero-order chi connectivity index (χ0) is 24.1. The molecule has 0 aliphatic carbocycles. The maximum absolute atomic E-state index is 12.7. The second-order valence-corrected chi connectivity index (χ2v) is 8.41. The van der Waals surface area contributed by atoms with Crippen molar-refractivity contribution in [1.82, 2.24) is 14.6 Å². The monoisotopic (exact) mass is 553 g/mol. The molecule has 2 atom stereocenters. The minimum Gasteiger partial charge on any atom is -0.731 e. The Kier molecular flexibility index (Phi) is 11.4. The minimum atomic E-state index is -5.24. The molecule has 176 valence electrons. The van der Waals surface area contributed by atoms with E-state index in [2.05, 4.69) is 30.3 Å². The quantitative estimate of drug-likeness (QED) is 0.0542. The minimum absolute atomic E-state index is 0. The molecule has 19 heteroatoms. The molecule has 0 unspecified atom stereocenters. The fourth-order valence-corrected chi connectivity index (χ4v) is 4.13. The molecule has 0 radical (unpaired) electrons. The maximum atomic E-state index is 12.7. The van der Waals surface area contributed by atoms with Gasteiger partial charge in [-0.3, -0.25) is 19.2 Å². The molecule has 1 aromatic heterocycles. The molecule has 3 amide bonds. The van der Waals surface area contributed by atoms with Crippen LogP contribution in [0.3, 0.4) is 0 Å². The Labute approximate surface area is 223 Å². The SMILES string of the molecule is CO/N=C(\C(=O)N[C@H]1C(=O)N(S(=O)(=O)[O-])[C@H]1COC(=O)CCl)c1csc(NC(=O)CCl)n1.[Na+]. The van der Waals surface area contributed by atoms with Crippen molar-refractivity contribution < 1.29 is 71.3 Å². The zero-order valence-corrected chi connectivity index (χ0v) is 22.1. The van der Waals surface area contributed by atoms with Gasteiger partial charge in [-0.2, -0.15) is 0 Å². The van der Waals surface area contributed by atoms with E-state index < -0.39 is 64.3 Å². The number of nitrogens with zero attached hydrogens (tertiary/aromatic N) is 3. The van der Waals surface area contributed by atoms with E-state index in [1.165, 1.54) is 5.38 Å². The van der Waals surface area contributed by atoms with E-state index in [0.29, 0.717) is 0 Å². The number of hydrogen-bond donors (Lipinski definition) is 2. The van der Waals surface area contributed by atoms with Crippen LogP contribution < -0.4 is 40.2 Å². The van der Waals surface area contributed by atoms with Gasteiger partial charge in [0, 0.05) is 5.38 Å². The summed E-state index contributed by atoms with van der Waals surface area (Å²) in [7, 11) is -4.11. The molecule has 1 fully saturated rings. The number of carbonyl (C=O) groups excluding carboxylic acids is 4. The number of carbonyl (C=O) groups is 4. The summed E-state index contributed by atoms with van der Waals surface area (Å²) < 4.78 is 38.6. The smallest absolute Gasteiger partial charge is 0.731 e. The molecule has 0 bridgehead atoms. The summed E-state index contributed by atoms with van der Waals surface area (Å²) in [6.07, 6.45) is 0. The predicted molar refractivity (Wildman–Crippen MR) is 109 cm³/mol. The van der Waals surface area contributed by atoms with Crippen molar-refractivity contribution in [2.45, 2.75) is 12.1 Å². The van der Waals surface area contributed by atoms with Crippen molar-refractivity contribution in [2.75, 3.05) is 30.8 Å². The van der Waals surface area contributed by atoms with Crippen LogP contribution in [0.4, 0.5) is 5.13 Å². The topological polar surface area (TPSA) is 196 Å². The van der Waals surface area contributed by atoms with Crippen LogP contribution in [0.1, 0.15) is 5.69 Å². The Morgan fingerprint density at radius 1 is 1.33 bits per heavy atom. The second kappa shape index (κ2) is 12.8. The van der Waals surface area contributed by atoms with Gasteiger partial charge in [0.25, 0.3) is 11.8 Å². The molecular formula is C14H14Cl2N5NaO9S2. The number of aromatic nitrogens is 1. The third-order valence-corrected chi connectivity index (χ3v) is 5.88. The fraction of sp³-hybridized carbons (Fsp3) is 0.429. The van der Waals surface area contributed by atoms with Crippen LogP contribution in [0.2, 0.25) is 0 Å². The van der Waals surface area contributed by atoms with E-state index >= 15 is 0 Å². The predicted octanol–water partition coefficient (Wildman–Crippen LogP) is -4.39. The standard InChI is InChI=1S/C14H15Cl2N5O9S2.Na/c1-29-20-10(6-5-31-14(17-6)18-8(22)2-15)12(24)19-11-7(4-30-9(23)3-16)21(13(11)25)32(26,27)28;/h5,7,11H,2-4H2,1H3,(H,19,24)(H,17,18,22)(H,26,27,28);/q;+1/p-1/b20-10-;/t7-,11+;/m0./s1. The Hall–Kier alpha value is -1.53. The number of anilines is 1. The molecule has 2 rings (SSSR count). The zero-order valence-electron chi connectivity index (χ0n) is 16.9. The summed E-state index contributed by atoms with van der Waals surface area (Å²) in [6, 6.07) is -3.04. The molecule has 1 aliphatic heterocycles. The van der Waals surface area contributed by atoms with E-state index in [0.717, 1.165) is 18.4 Å². The number of β-lactam (4-membered cyclic amide) rings is 1. The van der Waals surface area contributed by atoms with Crippen molar-refractivity contribution in [3.63, 3.8) is 0 Å². The van der Waals surface area contributed by atoms with Crippen LogP contribution in [0.5, 0.6) is 0 Å². The second-order valence-electron chi connectivity index (χ2n) is 5.77. The molecule has 0 aromatic carbocycles. The summed E-state index contributed by atoms with van der Waals surface area (Å²) in [5, 5.41) is 9.53. The van der Waals surface area contributed by atoms with Gasteiger partial charge in [-0.25, -0.2) is 17.7 Å². The average Bonchev–Trinajstić information content (AvgIpc) is 3.19. The van der Waals surface area contributed by atoms with Crippen molar-refractivity contribution in [3.05, 3.63) is 11.1 Å². The summed E-state index contributed by atoms with van der Waals surface area (Å²) in [5.41, 5.74) is -0.479. The number of halogens is 2. The normalized spacial score (nSPS) is 18.0. The summed E-state index contributed by atoms with van der Waals surface area (Å²) in [6.45, 7) is -0.716. The van der Waals surface area contributed by atoms with Crippen molar-refractivity contribution in [2.24, 2.45) is 5.16 Å². The molecular weight excluding hydrogens is 540 g/mol. The maximum Gasteiger partial charge on any atom is 1.00 e. The third kappa shape index (κ3) is 7.48. The third-order valence-electron chi connectivity index (χ3n) is 3.73. The van der Waals surface area contributed by atoms with Crippen LogP contribution in [-0.4, -0.2) is 89.2 Å². The number of oxime groups is 1. The first-order valence-corrected chi connectivity index (χ1v) is 11.6. The van der Waals surface area contributed by atoms with E-state index in [-0.39, 0.29) is 50.6 Å². The molecule has 2 N–H and O–H groups in total. The first-order valence-electron chi connectivity index (χ1n) is 8.27. The Morgan fingerprint density at radius 2 is 2.00 bits per heavy atom. The molecule has 1 aromatic rings. The molecule has 0 saturated carbocycles. The molecule has 0 spiro atoms. The summed E-state index contributed by atoms with van der Waals surface area (Å²) in [4.78, 5) is 56.0. The number of ether oxygens (including phenoxy) is 1. The van der Waals surface area contributed by atoms with Gasteiger partial charge in [0.15, 0.2) is 21.1 Å². The van der Waals surface area contributed by atoms with Crippen LogP contribution in [0.15, 0.2) is 10.5 Å². The van der Waals surface area contributed by atoms with E-state index in [9.17, 15) is 32.1 Å². The largest absolute Gasteiger partial charge is 1.00 e. The Morgan fingerprint density at radius 3 is 2.55 bits per heavy atom. The number of alkyl halides is 2. The molecule has 33 heavy (non-hydrogen) atoms. The van der Waals surface area contributed by atoms with E-state index in [1.807, 2.05) is 0 Å². The molecule has 1 saturated heterocycles. The van der Waals surface area contributed by atoms with Gasteiger partial charge in [0.05, 0.1) is 0 Å². The average molecular weight is 554 g/mol. The van der Waals surface area contributed by atoms with Crippen molar-refractivity contribution in [1.29, 1.82) is 0 Å². The Bertz CT molecular complexity index is 1050. The number of thiazole rings is 1. The van der Waals surface area contributed by atoms with Crippen LogP contribution in [0.25, 0.3) is 0 Å². The van der Waals surface area contributed by atoms with Gasteiger partial charge in [0.2, 0.25) is 5.91 Å². The summed E-state index contributed by atoms with van der Waals surface area (Å²) in [5.74, 6) is -4.63. The van der Waals surface area contributed by atoms with Gasteiger partial charge < -0.3 is 24.8 Å². The van der Waals surface area contributed by atoms with Gasteiger partial charge in [0.1, 0.15) is 43.3 Å². The first-order chi connectivity index (χ1) is 15.0. The van der Waals surface area contributed by atoms with E-state index in [4.69, 9.17) is 23.2 Å². The van der Waals surface area contributed by atoms with Crippen LogP contribution >= 0.6 is 34.5 Å². The number of amides is 3. The number of esters is 1. The van der Waals surface area contributed by atoms with Gasteiger partial charge in [-0.1, -0.05) is 5.16 Å². The molecule has 14 nitrogen and oxygen atoms in total. The fourth-order valence-electron chi connectivity index (χ4n) is 2.43. The van der Waals surface area contributed by atoms with Gasteiger partial charge in [-0.05, 0) is 0 Å². The number of nitrogens with one attached hydrogen (secondary N) is 2. The number of hydrogen-bond acceptors (Lipinski definition) is 12. The van der Waals surface area contributed by atoms with Gasteiger partial charge in [-0.15, -0.1) is 34.5 Å².